The fraction of sp³-hybridized carbons (Fsp3) is 0.500. The zero-order valence-corrected chi connectivity index (χ0v) is 21.7. The maximum Gasteiger partial charge on any atom is 0.416 e. The van der Waals surface area contributed by atoms with E-state index in [1.165, 1.54) is 13.2 Å². The molecule has 2 aromatic carbocycles. The van der Waals surface area contributed by atoms with Crippen LogP contribution in [0, 0.1) is 5.92 Å². The summed E-state index contributed by atoms with van der Waals surface area (Å²) >= 11 is 0. The summed E-state index contributed by atoms with van der Waals surface area (Å²) in [4.78, 5) is 1.16. The predicted octanol–water partition coefficient (Wildman–Crippen LogP) is 7.73. The minimum absolute atomic E-state index is 0.000452. The van der Waals surface area contributed by atoms with Gasteiger partial charge < -0.3 is 9.64 Å². The zero-order valence-electron chi connectivity index (χ0n) is 21.7. The molecule has 1 saturated carbocycles. The standard InChI is InChI=1S/C26H26F9N5O/c1-41-22(16-5-3-2-4-6-16)21-8-7-18(24(27,28)29)11-17(21)14-40(23-36-38-39-37-23)13-15-9-19(25(30,31)32)12-20(10-15)26(33,34)35/h7-12,16,22H,2-6,13-14H2,1H3,(H,36,37,38,39). The van der Waals surface area contributed by atoms with Gasteiger partial charge in [-0.2, -0.15) is 44.7 Å². The van der Waals surface area contributed by atoms with E-state index in [0.29, 0.717) is 17.7 Å². The molecule has 15 heteroatoms. The number of nitrogens with zero attached hydrogens (tertiary/aromatic N) is 4. The van der Waals surface area contributed by atoms with Crippen LogP contribution in [0.5, 0.6) is 0 Å². The van der Waals surface area contributed by atoms with Crippen molar-refractivity contribution in [1.82, 2.24) is 20.6 Å². The minimum atomic E-state index is -5.08. The summed E-state index contributed by atoms with van der Waals surface area (Å²) in [5, 5.41) is 13.1. The van der Waals surface area contributed by atoms with Gasteiger partial charge in [-0.05, 0) is 71.0 Å². The second-order valence-electron chi connectivity index (χ2n) is 9.95. The molecule has 4 rings (SSSR count). The van der Waals surface area contributed by atoms with E-state index in [1.54, 1.807) is 0 Å². The molecule has 0 bridgehead atoms. The number of hydrogen-bond acceptors (Lipinski definition) is 5. The molecular formula is C26H26F9N5O. The first-order valence-electron chi connectivity index (χ1n) is 12.7. The van der Waals surface area contributed by atoms with Crippen LogP contribution in [0.1, 0.15) is 71.6 Å². The smallest absolute Gasteiger partial charge is 0.376 e. The van der Waals surface area contributed by atoms with Crippen LogP contribution < -0.4 is 4.90 Å². The summed E-state index contributed by atoms with van der Waals surface area (Å²) in [6, 6.07) is 4.24. The van der Waals surface area contributed by atoms with Crippen LogP contribution in [0.15, 0.2) is 36.4 Å². The Balaban J connectivity index is 1.78. The highest BCUT2D eigenvalue weighted by atomic mass is 19.4. The van der Waals surface area contributed by atoms with Crippen LogP contribution in [0.2, 0.25) is 0 Å². The first-order valence-corrected chi connectivity index (χ1v) is 12.7. The topological polar surface area (TPSA) is 66.9 Å². The molecule has 0 amide bonds. The van der Waals surface area contributed by atoms with Gasteiger partial charge in [-0.15, -0.1) is 5.10 Å². The van der Waals surface area contributed by atoms with Crippen molar-refractivity contribution < 1.29 is 44.3 Å². The SMILES string of the molecule is COC(c1ccc(C(F)(F)F)cc1CN(Cc1cc(C(F)(F)F)cc(C(F)(F)F)c1)c1nn[nH]n1)C1CCCCC1. The molecular weight excluding hydrogens is 569 g/mol. The number of alkyl halides is 9. The lowest BCUT2D eigenvalue weighted by Gasteiger charge is -2.32. The number of methoxy groups -OCH3 is 1. The molecule has 1 atom stereocenters. The third-order valence-electron chi connectivity index (χ3n) is 7.11. The lowest BCUT2D eigenvalue weighted by Crippen LogP contribution is -2.27. The van der Waals surface area contributed by atoms with Crippen molar-refractivity contribution in [2.75, 3.05) is 12.0 Å². The van der Waals surface area contributed by atoms with Gasteiger partial charge in [-0.25, -0.2) is 0 Å². The number of aromatic nitrogens is 4. The van der Waals surface area contributed by atoms with Crippen molar-refractivity contribution in [1.29, 1.82) is 0 Å². The lowest BCUT2D eigenvalue weighted by molar-refractivity contribution is -0.143. The summed E-state index contributed by atoms with van der Waals surface area (Å²) in [5.41, 5.74) is -3.87. The van der Waals surface area contributed by atoms with Crippen molar-refractivity contribution in [2.24, 2.45) is 5.92 Å². The molecule has 1 aromatic heterocycles. The Morgan fingerprint density at radius 3 is 1.95 bits per heavy atom. The molecule has 1 aliphatic rings. The van der Waals surface area contributed by atoms with Crippen molar-refractivity contribution in [3.63, 3.8) is 0 Å². The Bertz CT molecular complexity index is 1270. The Labute approximate surface area is 228 Å². The summed E-state index contributed by atoms with van der Waals surface area (Å²) < 4.78 is 128. The van der Waals surface area contributed by atoms with Crippen molar-refractivity contribution >= 4 is 5.95 Å². The predicted molar refractivity (Wildman–Crippen MR) is 128 cm³/mol. The number of nitrogens with one attached hydrogen (secondary N) is 1. The van der Waals surface area contributed by atoms with Gasteiger partial charge >= 0.3 is 18.5 Å². The van der Waals surface area contributed by atoms with Crippen molar-refractivity contribution in [2.45, 2.75) is 69.8 Å². The van der Waals surface area contributed by atoms with E-state index in [4.69, 9.17) is 4.74 Å². The third kappa shape index (κ3) is 7.49. The van der Waals surface area contributed by atoms with E-state index >= 15 is 0 Å². The molecule has 1 fully saturated rings. The van der Waals surface area contributed by atoms with Gasteiger partial charge in [0.1, 0.15) is 0 Å². The summed E-state index contributed by atoms with van der Waals surface area (Å²) in [5.74, 6) is -0.216. The van der Waals surface area contributed by atoms with Gasteiger partial charge in [0.05, 0.1) is 22.8 Å². The zero-order chi connectivity index (χ0) is 30.0. The first-order chi connectivity index (χ1) is 19.2. The second-order valence-corrected chi connectivity index (χ2v) is 9.95. The van der Waals surface area contributed by atoms with E-state index in [-0.39, 0.29) is 30.0 Å². The van der Waals surface area contributed by atoms with E-state index in [9.17, 15) is 39.5 Å². The molecule has 1 heterocycles. The van der Waals surface area contributed by atoms with Crippen LogP contribution in [-0.4, -0.2) is 27.7 Å². The highest BCUT2D eigenvalue weighted by molar-refractivity contribution is 5.42. The van der Waals surface area contributed by atoms with Crippen molar-refractivity contribution in [3.8, 4) is 0 Å². The second kappa shape index (κ2) is 11.9. The number of benzene rings is 2. The molecule has 0 saturated heterocycles. The number of anilines is 1. The molecule has 1 N–H and O–H groups in total. The molecule has 3 aromatic rings. The number of H-pyrrole nitrogens is 1. The van der Waals surface area contributed by atoms with Crippen LogP contribution in [0.4, 0.5) is 45.5 Å². The highest BCUT2D eigenvalue weighted by Crippen LogP contribution is 2.41. The Kier molecular flexibility index (Phi) is 8.85. The van der Waals surface area contributed by atoms with E-state index in [2.05, 4.69) is 20.6 Å². The maximum atomic E-state index is 13.7. The van der Waals surface area contributed by atoms with E-state index in [0.717, 1.165) is 49.1 Å². The van der Waals surface area contributed by atoms with Crippen LogP contribution in [0.3, 0.4) is 0 Å². The fourth-order valence-corrected chi connectivity index (χ4v) is 5.23. The third-order valence-corrected chi connectivity index (χ3v) is 7.11. The average Bonchev–Trinajstić information content (AvgIpc) is 3.43. The lowest BCUT2D eigenvalue weighted by atomic mass is 9.81. The average molecular weight is 596 g/mol. The van der Waals surface area contributed by atoms with Crippen LogP contribution in [-0.2, 0) is 36.4 Å². The normalized spacial score (nSPS) is 16.1. The maximum absolute atomic E-state index is 13.7. The fourth-order valence-electron chi connectivity index (χ4n) is 5.23. The number of tetrazole rings is 1. The monoisotopic (exact) mass is 595 g/mol. The molecule has 0 spiro atoms. The number of halogens is 9. The molecule has 6 nitrogen and oxygen atoms in total. The summed E-state index contributed by atoms with van der Waals surface area (Å²) in [6.45, 7) is -0.980. The first kappa shape index (κ1) is 30.6. The van der Waals surface area contributed by atoms with Gasteiger partial charge in [0, 0.05) is 20.2 Å². The summed E-state index contributed by atoms with van der Waals surface area (Å²) in [6.07, 6.45) is -11.0. The number of aromatic amines is 1. The molecule has 0 radical (unpaired) electrons. The Hall–Kier alpha value is -3.36. The molecule has 1 unspecified atom stereocenters. The van der Waals surface area contributed by atoms with E-state index in [1.807, 2.05) is 0 Å². The van der Waals surface area contributed by atoms with Gasteiger partial charge in [0.2, 0.25) is 0 Å². The van der Waals surface area contributed by atoms with Crippen molar-refractivity contribution in [3.05, 3.63) is 69.8 Å². The molecule has 41 heavy (non-hydrogen) atoms. The van der Waals surface area contributed by atoms with Gasteiger partial charge in [-0.1, -0.05) is 30.4 Å². The Morgan fingerprint density at radius 2 is 1.44 bits per heavy atom. The Morgan fingerprint density at radius 1 is 0.829 bits per heavy atom. The molecule has 224 valence electrons. The number of hydrogen-bond donors (Lipinski definition) is 1. The van der Waals surface area contributed by atoms with Gasteiger partial charge in [0.25, 0.3) is 5.95 Å². The molecule has 1 aliphatic carbocycles. The molecule has 0 aliphatic heterocycles. The van der Waals surface area contributed by atoms with Crippen LogP contribution in [0.25, 0.3) is 0 Å². The van der Waals surface area contributed by atoms with Gasteiger partial charge in [-0.3, -0.25) is 0 Å². The van der Waals surface area contributed by atoms with Crippen LogP contribution >= 0.6 is 0 Å². The number of rotatable bonds is 8. The summed E-state index contributed by atoms with van der Waals surface area (Å²) in [7, 11) is 1.44. The quantitative estimate of drug-likeness (QED) is 0.270. The highest BCUT2D eigenvalue weighted by Gasteiger charge is 2.38. The van der Waals surface area contributed by atoms with Gasteiger partial charge in [0.15, 0.2) is 0 Å². The largest absolute Gasteiger partial charge is 0.416 e. The number of ether oxygens (including phenoxy) is 1. The minimum Gasteiger partial charge on any atom is -0.376 e. The van der Waals surface area contributed by atoms with E-state index < -0.39 is 53.4 Å².